The fourth-order valence-corrected chi connectivity index (χ4v) is 2.28. The minimum atomic E-state index is 0.280. The van der Waals surface area contributed by atoms with E-state index in [2.05, 4.69) is 5.32 Å². The van der Waals surface area contributed by atoms with Crippen LogP contribution in [0.2, 0.25) is 0 Å². The Morgan fingerprint density at radius 2 is 2.50 bits per heavy atom. The van der Waals surface area contributed by atoms with Gasteiger partial charge in [0, 0.05) is 25.7 Å². The number of rotatable bonds is 3. The van der Waals surface area contributed by atoms with E-state index in [-0.39, 0.29) is 6.10 Å². The highest BCUT2D eigenvalue weighted by Gasteiger charge is 2.27. The van der Waals surface area contributed by atoms with Crippen LogP contribution in [0, 0.1) is 0 Å². The molecule has 79 valence electrons. The molecule has 2 atom stereocenters. The van der Waals surface area contributed by atoms with E-state index in [1.165, 1.54) is 0 Å². The molecule has 2 saturated heterocycles. The monoisotopic (exact) mass is 197 g/mol. The summed E-state index contributed by atoms with van der Waals surface area (Å²) >= 11 is 0. The molecule has 0 aromatic carbocycles. The normalized spacial score (nSPS) is 33.3. The zero-order valence-electron chi connectivity index (χ0n) is 8.37. The van der Waals surface area contributed by atoms with Crippen molar-refractivity contribution >= 4 is 6.41 Å². The number of amides is 1. The van der Waals surface area contributed by atoms with Crippen LogP contribution in [0.25, 0.3) is 0 Å². The molecule has 0 aromatic heterocycles. The highest BCUT2D eigenvalue weighted by atomic mass is 16.5. The van der Waals surface area contributed by atoms with Crippen LogP contribution in [0.5, 0.6) is 0 Å². The molecule has 4 heteroatoms. The fraction of sp³-hybridized carbons (Fsp3) is 0.900. The molecule has 2 aliphatic heterocycles. The van der Waals surface area contributed by atoms with Gasteiger partial charge in [-0.2, -0.15) is 0 Å². The minimum absolute atomic E-state index is 0.280. The van der Waals surface area contributed by atoms with Gasteiger partial charge < -0.3 is 15.0 Å². The summed E-state index contributed by atoms with van der Waals surface area (Å²) in [5.41, 5.74) is 0. The molecule has 14 heavy (non-hydrogen) atoms. The van der Waals surface area contributed by atoms with Crippen LogP contribution in [0.4, 0.5) is 0 Å². The summed E-state index contributed by atoms with van der Waals surface area (Å²) in [6.45, 7) is 3.53. The van der Waals surface area contributed by atoms with Gasteiger partial charge >= 0.3 is 6.41 Å². The van der Waals surface area contributed by atoms with Crippen molar-refractivity contribution in [3.8, 4) is 0 Å². The molecule has 0 spiro atoms. The molecule has 1 radical (unpaired) electrons. The number of nitrogens with zero attached hydrogens (tertiary/aromatic N) is 1. The van der Waals surface area contributed by atoms with Crippen molar-refractivity contribution in [2.45, 2.75) is 31.4 Å². The van der Waals surface area contributed by atoms with E-state index in [0.29, 0.717) is 6.04 Å². The number of hydrogen-bond donors (Lipinski definition) is 1. The summed E-state index contributed by atoms with van der Waals surface area (Å²) in [6, 6.07) is 0.359. The van der Waals surface area contributed by atoms with Crippen LogP contribution >= 0.6 is 0 Å². The molecule has 2 rings (SSSR count). The van der Waals surface area contributed by atoms with Crippen LogP contribution in [0.1, 0.15) is 19.3 Å². The second-order valence-electron chi connectivity index (χ2n) is 4.01. The average Bonchev–Trinajstić information content (AvgIpc) is 2.67. The maximum absolute atomic E-state index is 10.6. The summed E-state index contributed by atoms with van der Waals surface area (Å²) in [5.74, 6) is 0. The first-order valence-electron chi connectivity index (χ1n) is 5.37. The lowest BCUT2D eigenvalue weighted by molar-refractivity contribution is 0.0136. The number of hydrogen-bond acceptors (Lipinski definition) is 3. The first kappa shape index (κ1) is 9.93. The van der Waals surface area contributed by atoms with Gasteiger partial charge in [-0.1, -0.05) is 0 Å². The standard InChI is InChI=1S/C10H17N2O2/c13-8-12-4-1-2-9(12)6-10-7-11-3-5-14-10/h9-11H,1-7H2. The SMILES string of the molecule is O=[C]N1CCCC1CC1CNCCO1. The van der Waals surface area contributed by atoms with Crippen LogP contribution in [0.3, 0.4) is 0 Å². The maximum atomic E-state index is 10.6. The Morgan fingerprint density at radius 3 is 3.21 bits per heavy atom. The lowest BCUT2D eigenvalue weighted by Gasteiger charge is -2.28. The van der Waals surface area contributed by atoms with E-state index >= 15 is 0 Å². The van der Waals surface area contributed by atoms with Crippen molar-refractivity contribution < 1.29 is 9.53 Å². The molecule has 4 nitrogen and oxygen atoms in total. The molecule has 2 heterocycles. The molecule has 0 aromatic rings. The quantitative estimate of drug-likeness (QED) is 0.686. The van der Waals surface area contributed by atoms with E-state index in [9.17, 15) is 4.79 Å². The highest BCUT2D eigenvalue weighted by molar-refractivity contribution is 5.49. The Balaban J connectivity index is 1.80. The van der Waals surface area contributed by atoms with E-state index in [1.54, 1.807) is 4.90 Å². The largest absolute Gasteiger partial charge is 0.375 e. The number of carbonyl (C=O) groups excluding carboxylic acids is 1. The van der Waals surface area contributed by atoms with Gasteiger partial charge in [0.05, 0.1) is 12.7 Å². The lowest BCUT2D eigenvalue weighted by Crippen LogP contribution is -2.42. The first-order valence-corrected chi connectivity index (χ1v) is 5.37. The third-order valence-corrected chi connectivity index (χ3v) is 3.03. The molecular weight excluding hydrogens is 180 g/mol. The summed E-state index contributed by atoms with van der Waals surface area (Å²) < 4.78 is 5.61. The van der Waals surface area contributed by atoms with Crippen molar-refractivity contribution in [2.24, 2.45) is 0 Å². The number of likely N-dealkylation sites (tertiary alicyclic amines) is 1. The van der Waals surface area contributed by atoms with Crippen molar-refractivity contribution in [2.75, 3.05) is 26.2 Å². The first-order chi connectivity index (χ1) is 6.90. The number of ether oxygens (including phenoxy) is 1. The molecule has 2 fully saturated rings. The van der Waals surface area contributed by atoms with Crippen molar-refractivity contribution in [1.82, 2.24) is 10.2 Å². The van der Waals surface area contributed by atoms with Gasteiger partial charge in [-0.05, 0) is 19.3 Å². The second-order valence-corrected chi connectivity index (χ2v) is 4.01. The van der Waals surface area contributed by atoms with Crippen molar-refractivity contribution in [3.63, 3.8) is 0 Å². The highest BCUT2D eigenvalue weighted by Crippen LogP contribution is 2.20. The Hall–Kier alpha value is -0.610. The van der Waals surface area contributed by atoms with E-state index in [0.717, 1.165) is 45.5 Å². The Kier molecular flexibility index (Phi) is 3.37. The molecule has 0 bridgehead atoms. The predicted molar refractivity (Wildman–Crippen MR) is 52.6 cm³/mol. The van der Waals surface area contributed by atoms with E-state index in [4.69, 9.17) is 4.74 Å². The molecule has 1 amide bonds. The van der Waals surface area contributed by atoms with Gasteiger partial charge in [0.1, 0.15) is 0 Å². The fourth-order valence-electron chi connectivity index (χ4n) is 2.28. The molecular formula is C10H17N2O2. The molecule has 2 unspecified atom stereocenters. The summed E-state index contributed by atoms with van der Waals surface area (Å²) in [4.78, 5) is 12.4. The third-order valence-electron chi connectivity index (χ3n) is 3.03. The number of morpholine rings is 1. The Labute approximate surface area is 84.6 Å². The van der Waals surface area contributed by atoms with Gasteiger partial charge in [0.15, 0.2) is 0 Å². The third kappa shape index (κ3) is 2.25. The van der Waals surface area contributed by atoms with E-state index < -0.39 is 0 Å². The minimum Gasteiger partial charge on any atom is -0.375 e. The Morgan fingerprint density at radius 1 is 1.57 bits per heavy atom. The molecule has 2 aliphatic rings. The summed E-state index contributed by atoms with van der Waals surface area (Å²) in [7, 11) is 0. The van der Waals surface area contributed by atoms with Crippen LogP contribution < -0.4 is 5.32 Å². The zero-order valence-corrected chi connectivity index (χ0v) is 8.37. The van der Waals surface area contributed by atoms with Gasteiger partial charge in [-0.3, -0.25) is 4.79 Å². The zero-order chi connectivity index (χ0) is 9.80. The lowest BCUT2D eigenvalue weighted by atomic mass is 10.1. The van der Waals surface area contributed by atoms with Gasteiger partial charge in [-0.25, -0.2) is 0 Å². The molecule has 0 saturated carbocycles. The predicted octanol–water partition coefficient (Wildman–Crippen LogP) is -0.103. The van der Waals surface area contributed by atoms with Crippen molar-refractivity contribution in [1.29, 1.82) is 0 Å². The maximum Gasteiger partial charge on any atom is 0.312 e. The molecule has 0 aliphatic carbocycles. The topological polar surface area (TPSA) is 41.6 Å². The van der Waals surface area contributed by atoms with Gasteiger partial charge in [0.25, 0.3) is 0 Å². The van der Waals surface area contributed by atoms with E-state index in [1.807, 2.05) is 6.41 Å². The summed E-state index contributed by atoms with van der Waals surface area (Å²) in [5, 5.41) is 3.30. The number of nitrogens with one attached hydrogen (secondary N) is 1. The van der Waals surface area contributed by atoms with Crippen LogP contribution in [0.15, 0.2) is 0 Å². The smallest absolute Gasteiger partial charge is 0.312 e. The Bertz CT molecular complexity index is 193. The van der Waals surface area contributed by atoms with Crippen molar-refractivity contribution in [3.05, 3.63) is 0 Å². The summed E-state index contributed by atoms with van der Waals surface area (Å²) in [6.07, 6.45) is 5.47. The van der Waals surface area contributed by atoms with Crippen LogP contribution in [-0.2, 0) is 9.53 Å². The van der Waals surface area contributed by atoms with Gasteiger partial charge in [0.2, 0.25) is 0 Å². The van der Waals surface area contributed by atoms with Crippen LogP contribution in [-0.4, -0.2) is 49.7 Å². The molecule has 1 N–H and O–H groups in total. The average molecular weight is 197 g/mol. The van der Waals surface area contributed by atoms with Gasteiger partial charge in [-0.15, -0.1) is 0 Å². The second kappa shape index (κ2) is 4.75.